The lowest BCUT2D eigenvalue weighted by Crippen LogP contribution is -2.13. The van der Waals surface area contributed by atoms with E-state index in [0.717, 1.165) is 10.0 Å². The molecule has 0 radical (unpaired) electrons. The summed E-state index contributed by atoms with van der Waals surface area (Å²) in [4.78, 5) is 11.3. The Kier molecular flexibility index (Phi) is 4.06. The van der Waals surface area contributed by atoms with Crippen molar-refractivity contribution in [1.82, 2.24) is 0 Å². The SMILES string of the molecule is NC(=O)c1ccccc1OCc1ccc(Br)cc1N. The fourth-order valence-electron chi connectivity index (χ4n) is 1.65. The van der Waals surface area contributed by atoms with Crippen LogP contribution in [0.3, 0.4) is 0 Å². The van der Waals surface area contributed by atoms with Gasteiger partial charge in [0, 0.05) is 15.7 Å². The number of anilines is 1. The Morgan fingerprint density at radius 1 is 1.21 bits per heavy atom. The van der Waals surface area contributed by atoms with Gasteiger partial charge in [0.05, 0.1) is 5.56 Å². The van der Waals surface area contributed by atoms with Gasteiger partial charge in [0.1, 0.15) is 12.4 Å². The van der Waals surface area contributed by atoms with E-state index in [2.05, 4.69) is 15.9 Å². The van der Waals surface area contributed by atoms with Gasteiger partial charge in [0.15, 0.2) is 0 Å². The van der Waals surface area contributed by atoms with E-state index in [4.69, 9.17) is 16.2 Å². The van der Waals surface area contributed by atoms with Gasteiger partial charge >= 0.3 is 0 Å². The molecule has 5 heteroatoms. The van der Waals surface area contributed by atoms with Gasteiger partial charge < -0.3 is 16.2 Å². The Hall–Kier alpha value is -2.01. The van der Waals surface area contributed by atoms with Crippen molar-refractivity contribution < 1.29 is 9.53 Å². The van der Waals surface area contributed by atoms with Crippen LogP contribution in [0.25, 0.3) is 0 Å². The van der Waals surface area contributed by atoms with Crippen LogP contribution in [-0.2, 0) is 6.61 Å². The lowest BCUT2D eigenvalue weighted by molar-refractivity contribution is 0.0996. The maximum absolute atomic E-state index is 11.3. The van der Waals surface area contributed by atoms with Gasteiger partial charge in [-0.2, -0.15) is 0 Å². The van der Waals surface area contributed by atoms with Crippen molar-refractivity contribution in [2.24, 2.45) is 5.73 Å². The third kappa shape index (κ3) is 3.26. The molecule has 0 unspecified atom stereocenters. The molecule has 0 aliphatic rings. The summed E-state index contributed by atoms with van der Waals surface area (Å²) >= 11 is 3.34. The molecule has 19 heavy (non-hydrogen) atoms. The largest absolute Gasteiger partial charge is 0.488 e. The summed E-state index contributed by atoms with van der Waals surface area (Å²) in [5.41, 5.74) is 13.0. The maximum atomic E-state index is 11.3. The molecule has 2 aromatic carbocycles. The lowest BCUT2D eigenvalue weighted by Gasteiger charge is -2.11. The first kappa shape index (κ1) is 13.4. The van der Waals surface area contributed by atoms with E-state index in [9.17, 15) is 4.79 Å². The molecule has 0 aliphatic carbocycles. The molecule has 0 aliphatic heterocycles. The zero-order valence-electron chi connectivity index (χ0n) is 10.1. The molecule has 0 heterocycles. The van der Waals surface area contributed by atoms with Crippen molar-refractivity contribution in [3.63, 3.8) is 0 Å². The van der Waals surface area contributed by atoms with Gasteiger partial charge in [-0.05, 0) is 24.3 Å². The second-order valence-corrected chi connectivity index (χ2v) is 4.91. The van der Waals surface area contributed by atoms with Crippen LogP contribution < -0.4 is 16.2 Å². The monoisotopic (exact) mass is 320 g/mol. The smallest absolute Gasteiger partial charge is 0.252 e. The fraction of sp³-hybridized carbons (Fsp3) is 0.0714. The topological polar surface area (TPSA) is 78.3 Å². The fourth-order valence-corrected chi connectivity index (χ4v) is 2.03. The quantitative estimate of drug-likeness (QED) is 0.850. The van der Waals surface area contributed by atoms with Crippen molar-refractivity contribution in [2.75, 3.05) is 5.73 Å². The van der Waals surface area contributed by atoms with E-state index in [1.807, 2.05) is 12.1 Å². The molecule has 2 aromatic rings. The van der Waals surface area contributed by atoms with Gasteiger partial charge in [-0.3, -0.25) is 4.79 Å². The van der Waals surface area contributed by atoms with E-state index in [1.165, 1.54) is 0 Å². The van der Waals surface area contributed by atoms with Crippen LogP contribution in [-0.4, -0.2) is 5.91 Å². The van der Waals surface area contributed by atoms with E-state index in [1.54, 1.807) is 30.3 Å². The van der Waals surface area contributed by atoms with E-state index < -0.39 is 5.91 Å². The summed E-state index contributed by atoms with van der Waals surface area (Å²) in [6.45, 7) is 0.281. The first-order valence-electron chi connectivity index (χ1n) is 5.63. The lowest BCUT2D eigenvalue weighted by atomic mass is 10.2. The Balaban J connectivity index is 2.17. The number of benzene rings is 2. The highest BCUT2D eigenvalue weighted by molar-refractivity contribution is 9.10. The average Bonchev–Trinajstić information content (AvgIpc) is 2.38. The molecular weight excluding hydrogens is 308 g/mol. The number of hydrogen-bond donors (Lipinski definition) is 2. The number of primary amides is 1. The minimum absolute atomic E-state index is 0.281. The van der Waals surface area contributed by atoms with E-state index >= 15 is 0 Å². The molecule has 4 N–H and O–H groups in total. The molecule has 0 saturated heterocycles. The Labute approximate surface area is 119 Å². The standard InChI is InChI=1S/C14H13BrN2O2/c15-10-6-5-9(12(16)7-10)8-19-13-4-2-1-3-11(13)14(17)18/h1-7H,8,16H2,(H2,17,18). The Morgan fingerprint density at radius 2 is 1.95 bits per heavy atom. The maximum Gasteiger partial charge on any atom is 0.252 e. The number of ether oxygens (including phenoxy) is 1. The first-order valence-corrected chi connectivity index (χ1v) is 6.43. The van der Waals surface area contributed by atoms with Crippen LogP contribution in [0.2, 0.25) is 0 Å². The van der Waals surface area contributed by atoms with Crippen LogP contribution in [0.4, 0.5) is 5.69 Å². The normalized spacial score (nSPS) is 10.2. The molecule has 4 nitrogen and oxygen atoms in total. The molecule has 2 rings (SSSR count). The second kappa shape index (κ2) is 5.75. The summed E-state index contributed by atoms with van der Waals surface area (Å²) in [6, 6.07) is 12.4. The zero-order valence-corrected chi connectivity index (χ0v) is 11.7. The van der Waals surface area contributed by atoms with Crippen LogP contribution in [0, 0.1) is 0 Å². The summed E-state index contributed by atoms with van der Waals surface area (Å²) in [5, 5.41) is 0. The highest BCUT2D eigenvalue weighted by Crippen LogP contribution is 2.22. The molecule has 0 aromatic heterocycles. The zero-order chi connectivity index (χ0) is 13.8. The molecule has 1 amide bonds. The van der Waals surface area contributed by atoms with Gasteiger partial charge in [-0.25, -0.2) is 0 Å². The van der Waals surface area contributed by atoms with Gasteiger partial charge in [0.2, 0.25) is 0 Å². The predicted molar refractivity (Wildman–Crippen MR) is 77.8 cm³/mol. The van der Waals surface area contributed by atoms with Gasteiger partial charge in [-0.15, -0.1) is 0 Å². The van der Waals surface area contributed by atoms with E-state index in [-0.39, 0.29) is 6.61 Å². The highest BCUT2D eigenvalue weighted by Gasteiger charge is 2.09. The number of rotatable bonds is 4. The van der Waals surface area contributed by atoms with Crippen molar-refractivity contribution in [3.05, 3.63) is 58.1 Å². The van der Waals surface area contributed by atoms with Crippen LogP contribution >= 0.6 is 15.9 Å². The average molecular weight is 321 g/mol. The minimum Gasteiger partial charge on any atom is -0.488 e. The van der Waals surface area contributed by atoms with Gasteiger partial charge in [0.25, 0.3) is 5.91 Å². The number of para-hydroxylation sites is 1. The molecule has 98 valence electrons. The Bertz CT molecular complexity index is 614. The first-order chi connectivity index (χ1) is 9.08. The number of carbonyl (C=O) groups excluding carboxylic acids is 1. The molecule has 0 fully saturated rings. The number of halogens is 1. The number of hydrogen-bond acceptors (Lipinski definition) is 3. The summed E-state index contributed by atoms with van der Waals surface area (Å²) < 4.78 is 6.52. The van der Waals surface area contributed by atoms with Crippen molar-refractivity contribution in [1.29, 1.82) is 0 Å². The highest BCUT2D eigenvalue weighted by atomic mass is 79.9. The number of amides is 1. The summed E-state index contributed by atoms with van der Waals surface area (Å²) in [5.74, 6) is -0.0586. The third-order valence-electron chi connectivity index (χ3n) is 2.64. The van der Waals surface area contributed by atoms with Crippen LogP contribution in [0.15, 0.2) is 46.9 Å². The number of carbonyl (C=O) groups is 1. The summed E-state index contributed by atoms with van der Waals surface area (Å²) in [6.07, 6.45) is 0. The predicted octanol–water partition coefficient (Wildman–Crippen LogP) is 2.71. The van der Waals surface area contributed by atoms with Crippen LogP contribution in [0.1, 0.15) is 15.9 Å². The molecule has 0 bridgehead atoms. The second-order valence-electron chi connectivity index (χ2n) is 3.99. The third-order valence-corrected chi connectivity index (χ3v) is 3.14. The van der Waals surface area contributed by atoms with E-state index in [0.29, 0.717) is 17.0 Å². The summed E-state index contributed by atoms with van der Waals surface area (Å²) in [7, 11) is 0. The minimum atomic E-state index is -0.514. The number of nitrogen functional groups attached to an aromatic ring is 1. The number of nitrogens with two attached hydrogens (primary N) is 2. The Morgan fingerprint density at radius 3 is 2.63 bits per heavy atom. The molecular formula is C14H13BrN2O2. The van der Waals surface area contributed by atoms with Gasteiger partial charge in [-0.1, -0.05) is 34.1 Å². The van der Waals surface area contributed by atoms with Crippen LogP contribution in [0.5, 0.6) is 5.75 Å². The van der Waals surface area contributed by atoms with Crippen molar-refractivity contribution in [2.45, 2.75) is 6.61 Å². The molecule has 0 spiro atoms. The molecule has 0 saturated carbocycles. The molecule has 0 atom stereocenters. The van der Waals surface area contributed by atoms with Crippen molar-refractivity contribution in [3.8, 4) is 5.75 Å². The van der Waals surface area contributed by atoms with Crippen molar-refractivity contribution >= 4 is 27.5 Å².